The third kappa shape index (κ3) is 3.66. The van der Waals surface area contributed by atoms with Crippen molar-refractivity contribution in [2.24, 2.45) is 7.05 Å². The van der Waals surface area contributed by atoms with E-state index in [0.29, 0.717) is 30.7 Å². The van der Waals surface area contributed by atoms with Gasteiger partial charge in [0.05, 0.1) is 18.2 Å². The Morgan fingerprint density at radius 2 is 2.24 bits per heavy atom. The number of hydrogen-bond acceptors (Lipinski definition) is 4. The summed E-state index contributed by atoms with van der Waals surface area (Å²) in [6.07, 6.45) is 3.45. The van der Waals surface area contributed by atoms with Gasteiger partial charge in [0.2, 0.25) is 0 Å². The molecule has 0 aliphatic rings. The first kappa shape index (κ1) is 12.8. The summed E-state index contributed by atoms with van der Waals surface area (Å²) in [6, 6.07) is 5.49. The van der Waals surface area contributed by atoms with Crippen molar-refractivity contribution in [2.75, 3.05) is 6.61 Å². The van der Waals surface area contributed by atoms with Crippen LogP contribution < -0.4 is 0 Å². The first-order chi connectivity index (χ1) is 8.19. The second kappa shape index (κ2) is 6.34. The molecule has 0 saturated heterocycles. The van der Waals surface area contributed by atoms with E-state index in [1.54, 1.807) is 17.8 Å². The number of rotatable bonds is 5. The molecule has 0 aliphatic heterocycles. The predicted octanol–water partition coefficient (Wildman–Crippen LogP) is 1.75. The molecular weight excluding hydrogens is 218 g/mol. The van der Waals surface area contributed by atoms with Gasteiger partial charge in [-0.15, -0.1) is 0 Å². The van der Waals surface area contributed by atoms with Gasteiger partial charge in [-0.25, -0.2) is 4.79 Å². The van der Waals surface area contributed by atoms with E-state index >= 15 is 0 Å². The summed E-state index contributed by atoms with van der Waals surface area (Å²) in [5.74, 6) is -0.439. The molecule has 88 valence electrons. The minimum absolute atomic E-state index is 0.299. The smallest absolute Gasteiger partial charge is 0.354 e. The van der Waals surface area contributed by atoms with Gasteiger partial charge in [0, 0.05) is 19.7 Å². The highest BCUT2D eigenvalue weighted by Gasteiger charge is 2.12. The average molecular weight is 231 g/mol. The van der Waals surface area contributed by atoms with E-state index in [1.165, 1.54) is 6.07 Å². The van der Waals surface area contributed by atoms with E-state index in [1.807, 2.05) is 12.1 Å². The van der Waals surface area contributed by atoms with Crippen LogP contribution in [-0.4, -0.2) is 17.1 Å². The van der Waals surface area contributed by atoms with Crippen molar-refractivity contribution in [1.29, 1.82) is 10.5 Å². The number of carbonyl (C=O) groups excluding carboxylic acids is 1. The highest BCUT2D eigenvalue weighted by atomic mass is 16.5. The summed E-state index contributed by atoms with van der Waals surface area (Å²) < 4.78 is 6.60. The van der Waals surface area contributed by atoms with Gasteiger partial charge in [0.1, 0.15) is 11.8 Å². The van der Waals surface area contributed by atoms with E-state index in [0.717, 1.165) is 6.42 Å². The molecule has 0 unspecified atom stereocenters. The maximum absolute atomic E-state index is 11.6. The predicted molar refractivity (Wildman–Crippen MR) is 59.9 cm³/mol. The molecule has 1 heterocycles. The summed E-state index contributed by atoms with van der Waals surface area (Å²) in [7, 11) is 1.69. The van der Waals surface area contributed by atoms with Gasteiger partial charge in [-0.3, -0.25) is 0 Å². The quantitative estimate of drug-likeness (QED) is 0.571. The van der Waals surface area contributed by atoms with Crippen LogP contribution in [0.15, 0.2) is 12.3 Å². The summed E-state index contributed by atoms with van der Waals surface area (Å²) in [5.41, 5.74) is 0.797. The minimum atomic E-state index is -0.439. The number of hydrogen-bond donors (Lipinski definition) is 0. The van der Waals surface area contributed by atoms with Crippen LogP contribution in [0, 0.1) is 22.7 Å². The molecule has 0 radical (unpaired) electrons. The highest BCUT2D eigenvalue weighted by molar-refractivity contribution is 5.88. The van der Waals surface area contributed by atoms with Crippen molar-refractivity contribution in [1.82, 2.24) is 4.57 Å². The van der Waals surface area contributed by atoms with Gasteiger partial charge >= 0.3 is 5.97 Å². The van der Waals surface area contributed by atoms with Crippen LogP contribution in [0.4, 0.5) is 0 Å². The first-order valence-corrected chi connectivity index (χ1v) is 5.29. The van der Waals surface area contributed by atoms with Crippen LogP contribution in [-0.2, 0) is 11.8 Å². The zero-order valence-corrected chi connectivity index (χ0v) is 9.64. The molecule has 0 amide bonds. The van der Waals surface area contributed by atoms with Crippen LogP contribution in [0.1, 0.15) is 35.3 Å². The Hall–Kier alpha value is -2.27. The Morgan fingerprint density at radius 1 is 1.47 bits per heavy atom. The third-order valence-corrected chi connectivity index (χ3v) is 2.26. The highest BCUT2D eigenvalue weighted by Crippen LogP contribution is 2.08. The first-order valence-electron chi connectivity index (χ1n) is 5.29. The summed E-state index contributed by atoms with van der Waals surface area (Å²) in [5, 5.41) is 17.0. The molecule has 1 aromatic heterocycles. The van der Waals surface area contributed by atoms with Crippen molar-refractivity contribution in [3.63, 3.8) is 0 Å². The number of nitriles is 2. The molecule has 0 N–H and O–H groups in total. The maximum atomic E-state index is 11.6. The summed E-state index contributed by atoms with van der Waals surface area (Å²) >= 11 is 0. The molecule has 0 spiro atoms. The number of aromatic nitrogens is 1. The molecule has 1 rings (SSSR count). The fraction of sp³-hybridized carbons (Fsp3) is 0.417. The van der Waals surface area contributed by atoms with E-state index in [9.17, 15) is 4.79 Å². The second-order valence-electron chi connectivity index (χ2n) is 3.59. The van der Waals surface area contributed by atoms with E-state index in [2.05, 4.69) is 0 Å². The van der Waals surface area contributed by atoms with Crippen LogP contribution in [0.25, 0.3) is 0 Å². The number of esters is 1. The lowest BCUT2D eigenvalue weighted by atomic mass is 10.2. The van der Waals surface area contributed by atoms with E-state index in [4.69, 9.17) is 15.3 Å². The Bertz CT molecular complexity index is 477. The van der Waals surface area contributed by atoms with Gasteiger partial charge in [-0.05, 0) is 18.9 Å². The monoisotopic (exact) mass is 231 g/mol. The molecule has 17 heavy (non-hydrogen) atoms. The standard InChI is InChI=1S/C12H13N3O2/c1-15-9-10(8-14)7-11(15)12(16)17-6-4-2-3-5-13/h7,9H,2-4,6H2,1H3. The molecule has 0 aliphatic carbocycles. The van der Waals surface area contributed by atoms with E-state index in [-0.39, 0.29) is 0 Å². The number of ether oxygens (including phenoxy) is 1. The van der Waals surface area contributed by atoms with Crippen LogP contribution in [0.5, 0.6) is 0 Å². The topological polar surface area (TPSA) is 78.8 Å². The molecule has 0 saturated carbocycles. The normalized spacial score (nSPS) is 9.35. The molecule has 1 aromatic rings. The lowest BCUT2D eigenvalue weighted by Gasteiger charge is -2.04. The minimum Gasteiger partial charge on any atom is -0.461 e. The van der Waals surface area contributed by atoms with Gasteiger partial charge < -0.3 is 9.30 Å². The Morgan fingerprint density at radius 3 is 2.82 bits per heavy atom. The lowest BCUT2D eigenvalue weighted by Crippen LogP contribution is -2.10. The number of nitrogens with zero attached hydrogens (tertiary/aromatic N) is 3. The fourth-order valence-corrected chi connectivity index (χ4v) is 1.37. The zero-order valence-electron chi connectivity index (χ0n) is 9.64. The average Bonchev–Trinajstić information content (AvgIpc) is 2.70. The zero-order chi connectivity index (χ0) is 12.7. The van der Waals surface area contributed by atoms with Crippen molar-refractivity contribution < 1.29 is 9.53 Å². The Kier molecular flexibility index (Phi) is 4.77. The Balaban J connectivity index is 2.45. The lowest BCUT2D eigenvalue weighted by molar-refractivity contribution is 0.0487. The largest absolute Gasteiger partial charge is 0.461 e. The van der Waals surface area contributed by atoms with Crippen molar-refractivity contribution in [2.45, 2.75) is 19.3 Å². The van der Waals surface area contributed by atoms with Crippen LogP contribution in [0.3, 0.4) is 0 Å². The van der Waals surface area contributed by atoms with Crippen molar-refractivity contribution in [3.05, 3.63) is 23.5 Å². The SMILES string of the molecule is Cn1cc(C#N)cc1C(=O)OCCCCC#N. The van der Waals surface area contributed by atoms with Crippen LogP contribution in [0.2, 0.25) is 0 Å². The molecule has 0 fully saturated rings. The van der Waals surface area contributed by atoms with Gasteiger partial charge in [0.25, 0.3) is 0 Å². The van der Waals surface area contributed by atoms with Gasteiger partial charge in [-0.1, -0.05) is 0 Å². The van der Waals surface area contributed by atoms with Gasteiger partial charge in [-0.2, -0.15) is 10.5 Å². The summed E-state index contributed by atoms with van der Waals surface area (Å²) in [4.78, 5) is 11.6. The Labute approximate surface area is 99.8 Å². The fourth-order valence-electron chi connectivity index (χ4n) is 1.37. The number of carbonyl (C=O) groups is 1. The van der Waals surface area contributed by atoms with Crippen molar-refractivity contribution in [3.8, 4) is 12.1 Å². The molecule has 0 bridgehead atoms. The number of aryl methyl sites for hydroxylation is 1. The number of unbranched alkanes of at least 4 members (excludes halogenated alkanes) is 2. The van der Waals surface area contributed by atoms with Crippen LogP contribution >= 0.6 is 0 Å². The molecule has 0 atom stereocenters. The van der Waals surface area contributed by atoms with Gasteiger partial charge in [0.15, 0.2) is 0 Å². The van der Waals surface area contributed by atoms with E-state index < -0.39 is 5.97 Å². The third-order valence-electron chi connectivity index (χ3n) is 2.26. The molecular formula is C12H13N3O2. The maximum Gasteiger partial charge on any atom is 0.354 e. The summed E-state index contributed by atoms with van der Waals surface area (Å²) in [6.45, 7) is 0.299. The van der Waals surface area contributed by atoms with Crippen molar-refractivity contribution >= 4 is 5.97 Å². The second-order valence-corrected chi connectivity index (χ2v) is 3.59. The molecule has 5 heteroatoms. The molecule has 5 nitrogen and oxygen atoms in total. The molecule has 0 aromatic carbocycles.